The number of aryl methyl sites for hydroxylation is 1. The Morgan fingerprint density at radius 1 is 1.32 bits per heavy atom. The maximum Gasteiger partial charge on any atom is 0.255 e. The van der Waals surface area contributed by atoms with Gasteiger partial charge >= 0.3 is 0 Å². The topological polar surface area (TPSA) is 74.2 Å². The molecule has 0 radical (unpaired) electrons. The predicted molar refractivity (Wildman–Crippen MR) is 109 cm³/mol. The standard InChI is InChI=1S/C21H31N5O2/c1-14-18(15(2)23-19(14)16(3)27)21(28)26-9-6-7-17(13-26)20-22-8-10-25(20)12-11-24(4)5/h8,10,17,23H,6-7,9,11-13H2,1-5H3. The smallest absolute Gasteiger partial charge is 0.255 e. The minimum absolute atomic E-state index is 0.00912. The van der Waals surface area contributed by atoms with E-state index in [9.17, 15) is 9.59 Å². The summed E-state index contributed by atoms with van der Waals surface area (Å²) in [5.41, 5.74) is 2.70. The Balaban J connectivity index is 1.78. The summed E-state index contributed by atoms with van der Waals surface area (Å²) < 4.78 is 2.21. The van der Waals surface area contributed by atoms with Crippen LogP contribution in [0.1, 0.15) is 63.6 Å². The van der Waals surface area contributed by atoms with Crippen molar-refractivity contribution in [3.63, 3.8) is 0 Å². The number of ketones is 1. The molecule has 0 aliphatic carbocycles. The van der Waals surface area contributed by atoms with Crippen LogP contribution in [0.25, 0.3) is 0 Å². The van der Waals surface area contributed by atoms with Crippen molar-refractivity contribution in [2.24, 2.45) is 0 Å². The third kappa shape index (κ3) is 4.04. The Bertz CT molecular complexity index is 864. The highest BCUT2D eigenvalue weighted by Crippen LogP contribution is 2.28. The minimum Gasteiger partial charge on any atom is -0.355 e. The molecule has 1 aliphatic heterocycles. The third-order valence-electron chi connectivity index (χ3n) is 5.61. The van der Waals surface area contributed by atoms with Gasteiger partial charge in [0.25, 0.3) is 5.91 Å². The van der Waals surface area contributed by atoms with Crippen molar-refractivity contribution >= 4 is 11.7 Å². The zero-order chi connectivity index (χ0) is 20.4. The Hall–Kier alpha value is -2.41. The van der Waals surface area contributed by atoms with E-state index in [2.05, 4.69) is 33.5 Å². The molecular weight excluding hydrogens is 354 g/mol. The van der Waals surface area contributed by atoms with Gasteiger partial charge in [0, 0.05) is 57.1 Å². The van der Waals surface area contributed by atoms with Gasteiger partial charge in [0.05, 0.1) is 11.3 Å². The lowest BCUT2D eigenvalue weighted by atomic mass is 9.96. The fourth-order valence-corrected chi connectivity index (χ4v) is 4.13. The van der Waals surface area contributed by atoms with E-state index in [1.54, 1.807) is 0 Å². The number of imidazole rings is 1. The summed E-state index contributed by atoms with van der Waals surface area (Å²) in [5, 5.41) is 0. The number of amides is 1. The molecular formula is C21H31N5O2. The maximum absolute atomic E-state index is 13.3. The van der Waals surface area contributed by atoms with Crippen molar-refractivity contribution in [1.82, 2.24) is 24.3 Å². The molecule has 0 aromatic carbocycles. The van der Waals surface area contributed by atoms with Gasteiger partial charge in [0.1, 0.15) is 5.82 Å². The highest BCUT2D eigenvalue weighted by molar-refractivity contribution is 6.02. The monoisotopic (exact) mass is 385 g/mol. The van der Waals surface area contributed by atoms with Crippen LogP contribution in [-0.2, 0) is 6.54 Å². The molecule has 0 bridgehead atoms. The lowest BCUT2D eigenvalue weighted by molar-refractivity contribution is 0.0702. The summed E-state index contributed by atoms with van der Waals surface area (Å²) >= 11 is 0. The molecule has 2 aromatic rings. The molecule has 1 saturated heterocycles. The van der Waals surface area contributed by atoms with Crippen LogP contribution in [0.3, 0.4) is 0 Å². The molecule has 7 heteroatoms. The number of likely N-dealkylation sites (N-methyl/N-ethyl adjacent to an activating group) is 1. The van der Waals surface area contributed by atoms with E-state index in [4.69, 9.17) is 0 Å². The Morgan fingerprint density at radius 3 is 2.71 bits per heavy atom. The first kappa shape index (κ1) is 20.3. The molecule has 28 heavy (non-hydrogen) atoms. The maximum atomic E-state index is 13.3. The number of nitrogens with one attached hydrogen (secondary N) is 1. The summed E-state index contributed by atoms with van der Waals surface area (Å²) in [6.07, 6.45) is 5.87. The molecule has 7 nitrogen and oxygen atoms in total. The largest absolute Gasteiger partial charge is 0.355 e. The lowest BCUT2D eigenvalue weighted by Gasteiger charge is -2.33. The van der Waals surface area contributed by atoms with Crippen LogP contribution < -0.4 is 0 Å². The fourth-order valence-electron chi connectivity index (χ4n) is 4.13. The predicted octanol–water partition coefficient (Wildman–Crippen LogP) is 2.61. The van der Waals surface area contributed by atoms with E-state index >= 15 is 0 Å². The number of hydrogen-bond acceptors (Lipinski definition) is 4. The van der Waals surface area contributed by atoms with Gasteiger partial charge in [-0.1, -0.05) is 0 Å². The van der Waals surface area contributed by atoms with Crippen LogP contribution in [0.4, 0.5) is 0 Å². The molecule has 3 rings (SSSR count). The Labute approximate surface area is 166 Å². The number of carbonyl (C=O) groups excluding carboxylic acids is 2. The number of carbonyl (C=O) groups is 2. The SMILES string of the molecule is CC(=O)c1[nH]c(C)c(C(=O)N2CCCC(c3nccn3CCN(C)C)C2)c1C. The molecule has 3 heterocycles. The van der Waals surface area contributed by atoms with E-state index in [1.165, 1.54) is 6.92 Å². The molecule has 0 saturated carbocycles. The summed E-state index contributed by atoms with van der Waals surface area (Å²) in [4.78, 5) is 36.8. The van der Waals surface area contributed by atoms with Gasteiger partial charge in [-0.05, 0) is 46.3 Å². The first-order valence-electron chi connectivity index (χ1n) is 9.94. The first-order chi connectivity index (χ1) is 13.3. The van der Waals surface area contributed by atoms with E-state index in [-0.39, 0.29) is 17.6 Å². The third-order valence-corrected chi connectivity index (χ3v) is 5.61. The van der Waals surface area contributed by atoms with E-state index in [0.717, 1.165) is 49.6 Å². The van der Waals surface area contributed by atoms with Crippen molar-refractivity contribution in [3.05, 3.63) is 40.7 Å². The number of hydrogen-bond donors (Lipinski definition) is 1. The molecule has 1 fully saturated rings. The quantitative estimate of drug-likeness (QED) is 0.776. The Kier molecular flexibility index (Phi) is 6.03. The zero-order valence-electron chi connectivity index (χ0n) is 17.6. The summed E-state index contributed by atoms with van der Waals surface area (Å²) in [7, 11) is 4.13. The number of likely N-dealkylation sites (tertiary alicyclic amines) is 1. The van der Waals surface area contributed by atoms with Crippen LogP contribution in [0, 0.1) is 13.8 Å². The highest BCUT2D eigenvalue weighted by atomic mass is 16.2. The number of rotatable bonds is 6. The molecule has 1 aliphatic rings. The van der Waals surface area contributed by atoms with Gasteiger partial charge in [0.15, 0.2) is 5.78 Å². The Morgan fingerprint density at radius 2 is 2.07 bits per heavy atom. The van der Waals surface area contributed by atoms with Crippen LogP contribution in [-0.4, -0.2) is 69.8 Å². The number of nitrogens with zero attached hydrogens (tertiary/aromatic N) is 4. The van der Waals surface area contributed by atoms with E-state index in [1.807, 2.05) is 31.1 Å². The van der Waals surface area contributed by atoms with Crippen molar-refractivity contribution in [1.29, 1.82) is 0 Å². The van der Waals surface area contributed by atoms with Crippen molar-refractivity contribution in [2.45, 2.75) is 46.1 Å². The molecule has 1 N–H and O–H groups in total. The first-order valence-corrected chi connectivity index (χ1v) is 9.94. The highest BCUT2D eigenvalue weighted by Gasteiger charge is 2.30. The van der Waals surface area contributed by atoms with Crippen LogP contribution in [0.2, 0.25) is 0 Å². The number of Topliss-reactive ketones (excluding diaryl/α,β-unsaturated/α-hetero) is 1. The van der Waals surface area contributed by atoms with Gasteiger partial charge in [-0.15, -0.1) is 0 Å². The summed E-state index contributed by atoms with van der Waals surface area (Å²) in [5.74, 6) is 1.27. The second-order valence-electron chi connectivity index (χ2n) is 8.05. The van der Waals surface area contributed by atoms with Gasteiger partial charge in [-0.25, -0.2) is 4.98 Å². The normalized spacial score (nSPS) is 17.4. The van der Waals surface area contributed by atoms with Gasteiger partial charge in [0.2, 0.25) is 0 Å². The summed E-state index contributed by atoms with van der Waals surface area (Å²) in [6, 6.07) is 0. The second kappa shape index (κ2) is 8.31. The van der Waals surface area contributed by atoms with E-state index in [0.29, 0.717) is 17.8 Å². The zero-order valence-corrected chi connectivity index (χ0v) is 17.6. The van der Waals surface area contributed by atoms with Crippen molar-refractivity contribution in [3.8, 4) is 0 Å². The van der Waals surface area contributed by atoms with Gasteiger partial charge < -0.3 is 19.4 Å². The average Bonchev–Trinajstić information content (AvgIpc) is 3.23. The molecule has 1 amide bonds. The van der Waals surface area contributed by atoms with Crippen LogP contribution >= 0.6 is 0 Å². The molecule has 1 unspecified atom stereocenters. The van der Waals surface area contributed by atoms with Crippen LogP contribution in [0.15, 0.2) is 12.4 Å². The van der Waals surface area contributed by atoms with Crippen molar-refractivity contribution in [2.75, 3.05) is 33.7 Å². The summed E-state index contributed by atoms with van der Waals surface area (Å²) in [6.45, 7) is 8.49. The second-order valence-corrected chi connectivity index (χ2v) is 8.05. The lowest BCUT2D eigenvalue weighted by Crippen LogP contribution is -2.40. The molecule has 1 atom stereocenters. The number of aromatic nitrogens is 3. The molecule has 0 spiro atoms. The molecule has 2 aromatic heterocycles. The van der Waals surface area contributed by atoms with E-state index < -0.39 is 0 Å². The van der Waals surface area contributed by atoms with Gasteiger partial charge in [-0.2, -0.15) is 0 Å². The fraction of sp³-hybridized carbons (Fsp3) is 0.571. The number of H-pyrrole nitrogens is 1. The molecule has 152 valence electrons. The van der Waals surface area contributed by atoms with Crippen LogP contribution in [0.5, 0.6) is 0 Å². The minimum atomic E-state index is -0.0425. The number of aromatic amines is 1. The van der Waals surface area contributed by atoms with Gasteiger partial charge in [-0.3, -0.25) is 9.59 Å². The average molecular weight is 386 g/mol. The number of piperidine rings is 1. The van der Waals surface area contributed by atoms with Crippen molar-refractivity contribution < 1.29 is 9.59 Å².